The largest absolute Gasteiger partial charge is 0.391 e. The number of rotatable bonds is 4. The molecule has 5 nitrogen and oxygen atoms in total. The van der Waals surface area contributed by atoms with Crippen LogP contribution >= 0.6 is 0 Å². The Kier molecular flexibility index (Phi) is 4.04. The number of hydrogen-bond donors (Lipinski definition) is 1. The van der Waals surface area contributed by atoms with Crippen LogP contribution in [0.1, 0.15) is 17.0 Å². The van der Waals surface area contributed by atoms with E-state index < -0.39 is 0 Å². The first-order valence-corrected chi connectivity index (χ1v) is 8.34. The minimum atomic E-state index is -0.319. The lowest BCUT2D eigenvalue weighted by atomic mass is 9.94. The van der Waals surface area contributed by atoms with E-state index in [0.717, 1.165) is 29.9 Å². The van der Waals surface area contributed by atoms with Crippen molar-refractivity contribution in [3.63, 3.8) is 0 Å². The van der Waals surface area contributed by atoms with Gasteiger partial charge >= 0.3 is 0 Å². The fraction of sp³-hybridized carbons (Fsp3) is 0.368. The van der Waals surface area contributed by atoms with Gasteiger partial charge in [0.1, 0.15) is 0 Å². The number of pyridine rings is 1. The van der Waals surface area contributed by atoms with E-state index in [1.165, 1.54) is 10.9 Å². The molecule has 0 amide bonds. The zero-order chi connectivity index (χ0) is 16.5. The Balaban J connectivity index is 1.48. The molecule has 5 heteroatoms. The number of benzene rings is 1. The number of nitrogens with zero attached hydrogens (tertiary/aromatic N) is 3. The van der Waals surface area contributed by atoms with Crippen LogP contribution in [-0.4, -0.2) is 39.3 Å². The van der Waals surface area contributed by atoms with Gasteiger partial charge in [-0.15, -0.1) is 0 Å². The van der Waals surface area contributed by atoms with Crippen LogP contribution in [0.2, 0.25) is 0 Å². The maximum atomic E-state index is 10.5. The first-order chi connectivity index (χ1) is 11.7. The van der Waals surface area contributed by atoms with Crippen molar-refractivity contribution in [3.05, 3.63) is 59.6 Å². The van der Waals surface area contributed by atoms with Gasteiger partial charge in [0.25, 0.3) is 0 Å². The lowest BCUT2D eigenvalue weighted by Gasteiger charge is -2.15. The van der Waals surface area contributed by atoms with E-state index in [9.17, 15) is 5.11 Å². The number of β-amino-alcohol motifs (C(OH)–C–C–N with tert-alkyl or cyclic N) is 1. The quantitative estimate of drug-likeness (QED) is 0.799. The molecule has 0 unspecified atom stereocenters. The smallest absolute Gasteiger partial charge is 0.150 e. The third kappa shape index (κ3) is 3.05. The molecular weight excluding hydrogens is 302 g/mol. The molecule has 0 radical (unpaired) electrons. The van der Waals surface area contributed by atoms with Crippen LogP contribution in [-0.2, 0) is 13.0 Å². The third-order valence-corrected chi connectivity index (χ3v) is 4.76. The Morgan fingerprint density at radius 3 is 2.96 bits per heavy atom. The lowest BCUT2D eigenvalue weighted by molar-refractivity contribution is 0.140. The number of aliphatic hydroxyl groups excluding tert-OH is 1. The number of aryl methyl sites for hydroxylation is 1. The molecule has 1 saturated heterocycles. The van der Waals surface area contributed by atoms with Crippen molar-refractivity contribution in [2.75, 3.05) is 13.1 Å². The van der Waals surface area contributed by atoms with Crippen LogP contribution in [0.3, 0.4) is 0 Å². The van der Waals surface area contributed by atoms with Crippen molar-refractivity contribution in [2.24, 2.45) is 5.92 Å². The van der Waals surface area contributed by atoms with Crippen LogP contribution in [0.4, 0.5) is 0 Å². The van der Waals surface area contributed by atoms with Gasteiger partial charge in [0.05, 0.1) is 23.9 Å². The lowest BCUT2D eigenvalue weighted by Crippen LogP contribution is -2.21. The van der Waals surface area contributed by atoms with E-state index in [1.807, 2.05) is 37.4 Å². The van der Waals surface area contributed by atoms with Gasteiger partial charge in [-0.3, -0.25) is 9.88 Å². The molecule has 1 aliphatic heterocycles. The summed E-state index contributed by atoms with van der Waals surface area (Å²) in [5, 5.41) is 15.6. The van der Waals surface area contributed by atoms with Crippen molar-refractivity contribution in [2.45, 2.75) is 26.0 Å². The van der Waals surface area contributed by atoms with Crippen LogP contribution in [0.25, 0.3) is 10.9 Å². The summed E-state index contributed by atoms with van der Waals surface area (Å²) in [7, 11) is 0. The first kappa shape index (κ1) is 15.3. The second-order valence-corrected chi connectivity index (χ2v) is 6.65. The van der Waals surface area contributed by atoms with Crippen molar-refractivity contribution in [3.8, 4) is 0 Å². The van der Waals surface area contributed by atoms with Gasteiger partial charge in [-0.05, 0) is 31.0 Å². The molecule has 3 aromatic rings. The summed E-state index contributed by atoms with van der Waals surface area (Å²) >= 11 is 0. The average molecular weight is 323 g/mol. The van der Waals surface area contributed by atoms with E-state index >= 15 is 0 Å². The summed E-state index contributed by atoms with van der Waals surface area (Å²) in [6, 6.07) is 12.2. The van der Waals surface area contributed by atoms with Crippen molar-refractivity contribution in [1.29, 1.82) is 0 Å². The Hall–Kier alpha value is -2.24. The fourth-order valence-corrected chi connectivity index (χ4v) is 3.60. The number of fused-ring (bicyclic) bond motifs is 1. The maximum absolute atomic E-state index is 10.5. The predicted molar refractivity (Wildman–Crippen MR) is 91.5 cm³/mol. The standard InChI is InChI=1S/C19H21N3O2/c1-13-8-16(24-21-13)11-22-10-15(19(23)12-22)9-14-6-7-20-18-5-3-2-4-17(14)18/h2-8,15,19,23H,9-12H2,1H3/t15-,19-/m1/s1. The van der Waals surface area contributed by atoms with Gasteiger partial charge in [-0.25, -0.2) is 0 Å². The number of likely N-dealkylation sites (tertiary alicyclic amines) is 1. The van der Waals surface area contributed by atoms with Gasteiger partial charge in [-0.1, -0.05) is 23.4 Å². The first-order valence-electron chi connectivity index (χ1n) is 8.34. The van der Waals surface area contributed by atoms with E-state index in [4.69, 9.17) is 4.52 Å². The molecule has 24 heavy (non-hydrogen) atoms. The SMILES string of the molecule is Cc1cc(CN2C[C@@H](Cc3ccnc4ccccc34)[C@H](O)C2)on1. The molecule has 4 rings (SSSR count). The Morgan fingerprint density at radius 2 is 2.12 bits per heavy atom. The van der Waals surface area contributed by atoms with Gasteiger partial charge in [-0.2, -0.15) is 0 Å². The van der Waals surface area contributed by atoms with E-state index in [2.05, 4.69) is 27.2 Å². The normalized spacial score (nSPS) is 21.6. The molecule has 2 aromatic heterocycles. The topological polar surface area (TPSA) is 62.4 Å². The molecular formula is C19H21N3O2. The molecule has 2 atom stereocenters. The Morgan fingerprint density at radius 1 is 1.25 bits per heavy atom. The van der Waals surface area contributed by atoms with Gasteiger partial charge in [0.2, 0.25) is 0 Å². The molecule has 1 N–H and O–H groups in total. The minimum Gasteiger partial charge on any atom is -0.391 e. The molecule has 1 fully saturated rings. The van der Waals surface area contributed by atoms with Crippen LogP contribution in [0.15, 0.2) is 47.1 Å². The van der Waals surface area contributed by atoms with Crippen LogP contribution < -0.4 is 0 Å². The monoisotopic (exact) mass is 323 g/mol. The highest BCUT2D eigenvalue weighted by atomic mass is 16.5. The molecule has 3 heterocycles. The summed E-state index contributed by atoms with van der Waals surface area (Å²) in [6.07, 6.45) is 2.39. The molecule has 0 bridgehead atoms. The number of aliphatic hydroxyl groups is 1. The number of aromatic nitrogens is 2. The molecule has 1 aromatic carbocycles. The van der Waals surface area contributed by atoms with E-state index in [0.29, 0.717) is 13.1 Å². The summed E-state index contributed by atoms with van der Waals surface area (Å²) in [5.74, 6) is 1.08. The molecule has 0 spiro atoms. The van der Waals surface area contributed by atoms with Crippen molar-refractivity contribution >= 4 is 10.9 Å². The zero-order valence-corrected chi connectivity index (χ0v) is 13.7. The Bertz CT molecular complexity index is 840. The molecule has 0 aliphatic carbocycles. The third-order valence-electron chi connectivity index (χ3n) is 4.76. The van der Waals surface area contributed by atoms with Crippen LogP contribution in [0.5, 0.6) is 0 Å². The maximum Gasteiger partial charge on any atom is 0.150 e. The molecule has 0 saturated carbocycles. The predicted octanol–water partition coefficient (Wildman–Crippen LogP) is 2.57. The average Bonchev–Trinajstić information content (AvgIpc) is 3.14. The molecule has 124 valence electrons. The fourth-order valence-electron chi connectivity index (χ4n) is 3.60. The van der Waals surface area contributed by atoms with Crippen molar-refractivity contribution < 1.29 is 9.63 Å². The van der Waals surface area contributed by atoms with E-state index in [1.54, 1.807) is 0 Å². The second kappa shape index (κ2) is 6.34. The zero-order valence-electron chi connectivity index (χ0n) is 13.7. The summed E-state index contributed by atoms with van der Waals surface area (Å²) in [4.78, 5) is 6.65. The number of para-hydroxylation sites is 1. The minimum absolute atomic E-state index is 0.222. The summed E-state index contributed by atoms with van der Waals surface area (Å²) in [5.41, 5.74) is 3.16. The number of hydrogen-bond acceptors (Lipinski definition) is 5. The van der Waals surface area contributed by atoms with Crippen molar-refractivity contribution in [1.82, 2.24) is 15.0 Å². The van der Waals surface area contributed by atoms with Gasteiger partial charge in [0, 0.05) is 36.7 Å². The van der Waals surface area contributed by atoms with Gasteiger partial charge in [0.15, 0.2) is 5.76 Å². The highest BCUT2D eigenvalue weighted by molar-refractivity contribution is 5.81. The summed E-state index contributed by atoms with van der Waals surface area (Å²) in [6.45, 7) is 4.15. The highest BCUT2D eigenvalue weighted by Gasteiger charge is 2.32. The second-order valence-electron chi connectivity index (χ2n) is 6.65. The highest BCUT2D eigenvalue weighted by Crippen LogP contribution is 2.26. The summed E-state index contributed by atoms with van der Waals surface area (Å²) < 4.78 is 5.29. The molecule has 1 aliphatic rings. The van der Waals surface area contributed by atoms with Crippen LogP contribution in [0, 0.1) is 12.8 Å². The van der Waals surface area contributed by atoms with Gasteiger partial charge < -0.3 is 9.63 Å². The Labute approximate surface area is 140 Å². The van der Waals surface area contributed by atoms with E-state index in [-0.39, 0.29) is 12.0 Å².